The first kappa shape index (κ1) is 21.6. The molecule has 8 heteroatoms. The number of methoxy groups -OCH3 is 1. The zero-order chi connectivity index (χ0) is 20.7. The fraction of sp³-hybridized carbons (Fsp3) is 0.350. The van der Waals surface area contributed by atoms with Gasteiger partial charge < -0.3 is 14.8 Å². The predicted molar refractivity (Wildman–Crippen MR) is 111 cm³/mol. The van der Waals surface area contributed by atoms with Gasteiger partial charge in [0, 0.05) is 6.07 Å². The summed E-state index contributed by atoms with van der Waals surface area (Å²) in [5.41, 5.74) is 0.855. The molecule has 0 aliphatic rings. The summed E-state index contributed by atoms with van der Waals surface area (Å²) in [5.74, 6) is 0.589. The molecule has 1 N–H and O–H groups in total. The maximum absolute atomic E-state index is 13.0. The van der Waals surface area contributed by atoms with Crippen LogP contribution in [0, 0.1) is 0 Å². The largest absolute Gasteiger partial charge is 0.497 e. The third kappa shape index (κ3) is 5.16. The van der Waals surface area contributed by atoms with Gasteiger partial charge in [-0.05, 0) is 37.6 Å². The molecule has 0 aromatic heterocycles. The molecule has 2 aromatic carbocycles. The molecule has 0 heterocycles. The molecular formula is C20H26N2O5S. The molecule has 0 aliphatic heterocycles. The third-order valence-corrected chi connectivity index (χ3v) is 5.26. The highest BCUT2D eigenvalue weighted by Gasteiger charge is 2.32. The Hall–Kier alpha value is -2.74. The fourth-order valence-corrected chi connectivity index (χ4v) is 4.08. The van der Waals surface area contributed by atoms with Gasteiger partial charge in [-0.15, -0.1) is 0 Å². The number of hydrogen-bond acceptors (Lipinski definition) is 5. The second kappa shape index (κ2) is 9.45. The van der Waals surface area contributed by atoms with E-state index in [1.807, 2.05) is 6.92 Å². The van der Waals surface area contributed by atoms with Crippen LogP contribution in [0.15, 0.2) is 48.5 Å². The maximum atomic E-state index is 13.0. The Morgan fingerprint density at radius 3 is 2.46 bits per heavy atom. The number of carbonyl (C=O) groups is 1. The van der Waals surface area contributed by atoms with Crippen molar-refractivity contribution in [2.24, 2.45) is 0 Å². The standard InChI is InChI=1S/C20H26N2O5S/c1-5-18(20(23)21-17-12-7-8-13-19(17)27-6-2)22(28(4,24)25)15-10-9-11-16(14-15)26-3/h7-14,18H,5-6H2,1-4H3,(H,21,23)/t18-/m1/s1. The molecule has 152 valence electrons. The van der Waals surface area contributed by atoms with Gasteiger partial charge in [0.1, 0.15) is 17.5 Å². The van der Waals surface area contributed by atoms with Crippen LogP contribution in [-0.2, 0) is 14.8 Å². The van der Waals surface area contributed by atoms with Crippen LogP contribution in [0.25, 0.3) is 0 Å². The van der Waals surface area contributed by atoms with E-state index in [0.717, 1.165) is 10.6 Å². The first-order chi connectivity index (χ1) is 13.3. The lowest BCUT2D eigenvalue weighted by Gasteiger charge is -2.30. The van der Waals surface area contributed by atoms with Crippen LogP contribution >= 0.6 is 0 Å². The Bertz CT molecular complexity index is 914. The van der Waals surface area contributed by atoms with E-state index >= 15 is 0 Å². The number of benzene rings is 2. The molecule has 2 rings (SSSR count). The van der Waals surface area contributed by atoms with Crippen molar-refractivity contribution < 1.29 is 22.7 Å². The van der Waals surface area contributed by atoms with Crippen LogP contribution in [0.3, 0.4) is 0 Å². The fourth-order valence-electron chi connectivity index (χ4n) is 2.88. The van der Waals surface area contributed by atoms with E-state index < -0.39 is 22.0 Å². The lowest BCUT2D eigenvalue weighted by atomic mass is 10.1. The number of ether oxygens (including phenoxy) is 2. The Morgan fingerprint density at radius 2 is 1.86 bits per heavy atom. The summed E-state index contributed by atoms with van der Waals surface area (Å²) >= 11 is 0. The highest BCUT2D eigenvalue weighted by molar-refractivity contribution is 7.92. The Kier molecular flexibility index (Phi) is 7.28. The van der Waals surface area contributed by atoms with E-state index in [-0.39, 0.29) is 6.42 Å². The highest BCUT2D eigenvalue weighted by atomic mass is 32.2. The number of para-hydroxylation sites is 2. The SMILES string of the molecule is CCOc1ccccc1NC(=O)[C@@H](CC)N(c1cccc(OC)c1)S(C)(=O)=O. The molecule has 0 saturated carbocycles. The molecule has 0 radical (unpaired) electrons. The average molecular weight is 407 g/mol. The van der Waals surface area contributed by atoms with Gasteiger partial charge in [0.15, 0.2) is 0 Å². The van der Waals surface area contributed by atoms with Crippen LogP contribution in [0.2, 0.25) is 0 Å². The Morgan fingerprint density at radius 1 is 1.14 bits per heavy atom. The lowest BCUT2D eigenvalue weighted by Crippen LogP contribution is -2.47. The monoisotopic (exact) mass is 406 g/mol. The molecule has 1 amide bonds. The van der Waals surface area contributed by atoms with E-state index in [1.54, 1.807) is 55.5 Å². The first-order valence-corrected chi connectivity index (χ1v) is 10.8. The van der Waals surface area contributed by atoms with E-state index in [9.17, 15) is 13.2 Å². The number of nitrogens with one attached hydrogen (secondary N) is 1. The molecule has 0 saturated heterocycles. The normalized spacial score (nSPS) is 12.1. The number of carbonyl (C=O) groups excluding carboxylic acids is 1. The first-order valence-electron chi connectivity index (χ1n) is 8.98. The summed E-state index contributed by atoms with van der Waals surface area (Å²) < 4.78 is 36.9. The van der Waals surface area contributed by atoms with Crippen molar-refractivity contribution in [1.29, 1.82) is 0 Å². The van der Waals surface area contributed by atoms with E-state index in [0.29, 0.717) is 29.5 Å². The van der Waals surface area contributed by atoms with E-state index in [2.05, 4.69) is 5.32 Å². The Balaban J connectivity index is 2.40. The molecule has 0 spiro atoms. The Labute approximate surface area is 166 Å². The third-order valence-electron chi connectivity index (χ3n) is 4.08. The second-order valence-corrected chi connectivity index (χ2v) is 7.96. The minimum Gasteiger partial charge on any atom is -0.497 e. The molecule has 2 aromatic rings. The zero-order valence-electron chi connectivity index (χ0n) is 16.5. The summed E-state index contributed by atoms with van der Waals surface area (Å²) in [6, 6.07) is 12.7. The quantitative estimate of drug-likeness (QED) is 0.691. The van der Waals surface area contributed by atoms with Crippen molar-refractivity contribution in [1.82, 2.24) is 0 Å². The van der Waals surface area contributed by atoms with Crippen LogP contribution in [0.4, 0.5) is 11.4 Å². The number of anilines is 2. The van der Waals surface area contributed by atoms with Crippen LogP contribution in [0.5, 0.6) is 11.5 Å². The summed E-state index contributed by atoms with van der Waals surface area (Å²) in [6.07, 6.45) is 1.36. The number of hydrogen-bond donors (Lipinski definition) is 1. The average Bonchev–Trinajstić information content (AvgIpc) is 2.66. The topological polar surface area (TPSA) is 84.9 Å². The van der Waals surface area contributed by atoms with Crippen LogP contribution in [0.1, 0.15) is 20.3 Å². The van der Waals surface area contributed by atoms with Gasteiger partial charge in [0.05, 0.1) is 31.3 Å². The number of rotatable bonds is 9. The predicted octanol–water partition coefficient (Wildman–Crippen LogP) is 3.28. The summed E-state index contributed by atoms with van der Waals surface area (Å²) in [5, 5.41) is 2.80. The van der Waals surface area contributed by atoms with Crippen molar-refractivity contribution in [3.63, 3.8) is 0 Å². The molecule has 0 unspecified atom stereocenters. The van der Waals surface area contributed by atoms with Crippen molar-refractivity contribution in [3.8, 4) is 11.5 Å². The van der Waals surface area contributed by atoms with E-state index in [1.165, 1.54) is 7.11 Å². The molecule has 0 bridgehead atoms. The van der Waals surface area contributed by atoms with Crippen molar-refractivity contribution >= 4 is 27.3 Å². The van der Waals surface area contributed by atoms with Crippen LogP contribution in [-0.4, -0.2) is 40.3 Å². The highest BCUT2D eigenvalue weighted by Crippen LogP contribution is 2.28. The van der Waals surface area contributed by atoms with Gasteiger partial charge in [0.2, 0.25) is 15.9 Å². The van der Waals surface area contributed by atoms with Gasteiger partial charge in [-0.1, -0.05) is 25.1 Å². The molecule has 7 nitrogen and oxygen atoms in total. The van der Waals surface area contributed by atoms with Crippen molar-refractivity contribution in [2.75, 3.05) is 29.6 Å². The van der Waals surface area contributed by atoms with Gasteiger partial charge in [-0.2, -0.15) is 0 Å². The zero-order valence-corrected chi connectivity index (χ0v) is 17.3. The second-order valence-electron chi connectivity index (χ2n) is 6.10. The van der Waals surface area contributed by atoms with Crippen molar-refractivity contribution in [2.45, 2.75) is 26.3 Å². The van der Waals surface area contributed by atoms with Gasteiger partial charge in [-0.25, -0.2) is 8.42 Å². The van der Waals surface area contributed by atoms with Gasteiger partial charge in [0.25, 0.3) is 0 Å². The molecular weight excluding hydrogens is 380 g/mol. The molecule has 28 heavy (non-hydrogen) atoms. The smallest absolute Gasteiger partial charge is 0.248 e. The molecule has 0 aliphatic carbocycles. The number of sulfonamides is 1. The molecule has 1 atom stereocenters. The maximum Gasteiger partial charge on any atom is 0.248 e. The van der Waals surface area contributed by atoms with Gasteiger partial charge >= 0.3 is 0 Å². The van der Waals surface area contributed by atoms with Crippen LogP contribution < -0.4 is 19.1 Å². The van der Waals surface area contributed by atoms with E-state index in [4.69, 9.17) is 9.47 Å². The summed E-state index contributed by atoms with van der Waals surface area (Å²) in [4.78, 5) is 13.0. The minimum absolute atomic E-state index is 0.285. The number of amides is 1. The van der Waals surface area contributed by atoms with Crippen molar-refractivity contribution in [3.05, 3.63) is 48.5 Å². The summed E-state index contributed by atoms with van der Waals surface area (Å²) in [7, 11) is -2.23. The lowest BCUT2D eigenvalue weighted by molar-refractivity contribution is -0.117. The number of nitrogens with zero attached hydrogens (tertiary/aromatic N) is 1. The molecule has 0 fully saturated rings. The van der Waals surface area contributed by atoms with Gasteiger partial charge in [-0.3, -0.25) is 9.10 Å². The minimum atomic E-state index is -3.73. The summed E-state index contributed by atoms with van der Waals surface area (Å²) in [6.45, 7) is 4.06.